The number of hydrogen-bond acceptors (Lipinski definition) is 3. The largest absolute Gasteiger partial charge is 0.323 e. The molecule has 5 nitrogen and oxygen atoms in total. The van der Waals surface area contributed by atoms with Gasteiger partial charge in [-0.2, -0.15) is 0 Å². The van der Waals surface area contributed by atoms with Gasteiger partial charge in [-0.3, -0.25) is 4.79 Å². The summed E-state index contributed by atoms with van der Waals surface area (Å²) < 4.78 is 0. The van der Waals surface area contributed by atoms with E-state index in [0.29, 0.717) is 18.7 Å². The van der Waals surface area contributed by atoms with Crippen molar-refractivity contribution in [3.63, 3.8) is 0 Å². The summed E-state index contributed by atoms with van der Waals surface area (Å²) in [5.41, 5.74) is 4.72. The summed E-state index contributed by atoms with van der Waals surface area (Å²) in [5, 5.41) is 2.86. The summed E-state index contributed by atoms with van der Waals surface area (Å²) in [6.45, 7) is 3.47. The smallest absolute Gasteiger partial charge is 0.321 e. The molecule has 6 heteroatoms. The minimum atomic E-state index is -0.116. The van der Waals surface area contributed by atoms with Gasteiger partial charge in [-0.25, -0.2) is 4.79 Å². The highest BCUT2D eigenvalue weighted by atomic mass is 32.2. The van der Waals surface area contributed by atoms with E-state index in [1.54, 1.807) is 11.9 Å². The van der Waals surface area contributed by atoms with Crippen molar-refractivity contribution in [2.24, 2.45) is 0 Å². The van der Waals surface area contributed by atoms with Crippen molar-refractivity contribution >= 4 is 35.1 Å². The summed E-state index contributed by atoms with van der Waals surface area (Å²) >= 11 is 1.92. The normalized spacial score (nSPS) is 15.0. The van der Waals surface area contributed by atoms with Crippen molar-refractivity contribution in [2.45, 2.75) is 56.9 Å². The quantitative estimate of drug-likeness (QED) is 0.411. The second-order valence-corrected chi connectivity index (χ2v) is 9.59. The zero-order chi connectivity index (χ0) is 21.8. The molecule has 0 unspecified atom stereocenters. The summed E-state index contributed by atoms with van der Waals surface area (Å²) in [6, 6.07) is 12.0. The molecule has 0 radical (unpaired) electrons. The number of carbonyl (C=O) groups excluding carboxylic acids is 2. The van der Waals surface area contributed by atoms with E-state index in [4.69, 9.17) is 0 Å². The molecule has 0 aromatic heterocycles. The molecule has 0 fully saturated rings. The first-order chi connectivity index (χ1) is 15.1. The number of anilines is 2. The number of nitrogens with one attached hydrogen (secondary N) is 1. The molecule has 2 aromatic carbocycles. The van der Waals surface area contributed by atoms with Crippen LogP contribution >= 0.6 is 11.8 Å². The minimum Gasteiger partial charge on any atom is -0.323 e. The highest BCUT2D eigenvalue weighted by molar-refractivity contribution is 7.99. The van der Waals surface area contributed by atoms with Crippen molar-refractivity contribution in [3.05, 3.63) is 53.1 Å². The number of fused-ring (bicyclic) bond motifs is 2. The summed E-state index contributed by atoms with van der Waals surface area (Å²) in [6.07, 6.45) is 7.43. The van der Waals surface area contributed by atoms with Gasteiger partial charge in [-0.05, 0) is 66.1 Å². The monoisotopic (exact) mass is 437 g/mol. The Kier molecular flexibility index (Phi) is 6.86. The van der Waals surface area contributed by atoms with Gasteiger partial charge in [0.1, 0.15) is 0 Å². The van der Waals surface area contributed by atoms with Crippen LogP contribution in [0.4, 0.5) is 16.2 Å². The van der Waals surface area contributed by atoms with Crippen LogP contribution in [0.5, 0.6) is 0 Å². The Morgan fingerprint density at radius 1 is 1.06 bits per heavy atom. The predicted octanol–water partition coefficient (Wildman–Crippen LogP) is 5.93. The number of rotatable bonds is 8. The van der Waals surface area contributed by atoms with E-state index in [9.17, 15) is 9.59 Å². The number of carbonyl (C=O) groups is 2. The van der Waals surface area contributed by atoms with Gasteiger partial charge in [-0.15, -0.1) is 11.8 Å². The lowest BCUT2D eigenvalue weighted by Crippen LogP contribution is -2.36. The van der Waals surface area contributed by atoms with E-state index < -0.39 is 0 Å². The van der Waals surface area contributed by atoms with Crippen LogP contribution in [0.15, 0.2) is 41.3 Å². The third-order valence-electron chi connectivity index (χ3n) is 6.06. The topological polar surface area (TPSA) is 52.7 Å². The lowest BCUT2D eigenvalue weighted by Gasteiger charge is -2.26. The average molecular weight is 438 g/mol. The molecule has 2 aliphatic rings. The van der Waals surface area contributed by atoms with Crippen LogP contribution in [0, 0.1) is 0 Å². The maximum Gasteiger partial charge on any atom is 0.321 e. The SMILES string of the molecule is CCCCCCCSc1ccc2c(c1)CCN2C(=O)c1ccc2c(c1)CN(C)C(=O)N2. The first kappa shape index (κ1) is 21.8. The third kappa shape index (κ3) is 4.90. The van der Waals surface area contributed by atoms with Crippen molar-refractivity contribution in [1.82, 2.24) is 4.90 Å². The molecule has 0 saturated heterocycles. The Labute approximate surface area is 189 Å². The zero-order valence-electron chi connectivity index (χ0n) is 18.4. The lowest BCUT2D eigenvalue weighted by molar-refractivity contribution is 0.0989. The third-order valence-corrected chi connectivity index (χ3v) is 7.14. The Morgan fingerprint density at radius 2 is 1.90 bits per heavy atom. The standard InChI is InChI=1S/C25H31N3O2S/c1-3-4-5-6-7-14-31-21-9-11-23-18(16-21)12-13-28(23)24(29)19-8-10-22-20(15-19)17-27(2)25(30)26-22/h8-11,15-16H,3-7,12-14,17H2,1-2H3,(H,26,30). The second-order valence-electron chi connectivity index (χ2n) is 8.42. The number of nitrogens with zero attached hydrogens (tertiary/aromatic N) is 2. The first-order valence-electron chi connectivity index (χ1n) is 11.3. The molecule has 3 amide bonds. The molecule has 2 aliphatic heterocycles. The van der Waals surface area contributed by atoms with Gasteiger partial charge in [0.15, 0.2) is 0 Å². The van der Waals surface area contributed by atoms with Gasteiger partial charge < -0.3 is 15.1 Å². The van der Waals surface area contributed by atoms with Crippen LogP contribution in [0.2, 0.25) is 0 Å². The molecule has 4 rings (SSSR count). The summed E-state index contributed by atoms with van der Waals surface area (Å²) in [4.78, 5) is 29.9. The molecule has 0 bridgehead atoms. The molecule has 31 heavy (non-hydrogen) atoms. The Hall–Kier alpha value is -2.47. The molecule has 0 saturated carbocycles. The Balaban J connectivity index is 1.41. The van der Waals surface area contributed by atoms with Crippen LogP contribution in [0.3, 0.4) is 0 Å². The number of urea groups is 1. The van der Waals surface area contributed by atoms with E-state index >= 15 is 0 Å². The number of unbranched alkanes of at least 4 members (excludes halogenated alkanes) is 4. The zero-order valence-corrected chi connectivity index (χ0v) is 19.3. The minimum absolute atomic E-state index is 0.0254. The van der Waals surface area contributed by atoms with E-state index in [2.05, 4.69) is 30.4 Å². The average Bonchev–Trinajstić information content (AvgIpc) is 3.19. The molecule has 0 aliphatic carbocycles. The van der Waals surface area contributed by atoms with E-state index in [-0.39, 0.29) is 11.9 Å². The molecule has 0 atom stereocenters. The fraction of sp³-hybridized carbons (Fsp3) is 0.440. The number of amides is 3. The predicted molar refractivity (Wildman–Crippen MR) is 128 cm³/mol. The second kappa shape index (κ2) is 9.77. The van der Waals surface area contributed by atoms with Gasteiger partial charge in [0.05, 0.1) is 0 Å². The number of hydrogen-bond donors (Lipinski definition) is 1. The molecule has 0 spiro atoms. The van der Waals surface area contributed by atoms with Gasteiger partial charge in [0.25, 0.3) is 5.91 Å². The van der Waals surface area contributed by atoms with Gasteiger partial charge in [0.2, 0.25) is 0 Å². The van der Waals surface area contributed by atoms with Crippen molar-refractivity contribution in [2.75, 3.05) is 29.6 Å². The molecular weight excluding hydrogens is 406 g/mol. The van der Waals surface area contributed by atoms with Gasteiger partial charge in [0, 0.05) is 42.0 Å². The van der Waals surface area contributed by atoms with E-state index in [1.165, 1.54) is 42.6 Å². The number of thioether (sulfide) groups is 1. The van der Waals surface area contributed by atoms with Crippen LogP contribution in [0.1, 0.15) is 60.5 Å². The van der Waals surface area contributed by atoms with Gasteiger partial charge in [-0.1, -0.05) is 32.6 Å². The Bertz CT molecular complexity index is 975. The molecular formula is C25H31N3O2S. The van der Waals surface area contributed by atoms with Crippen molar-refractivity contribution in [1.29, 1.82) is 0 Å². The molecule has 164 valence electrons. The van der Waals surface area contributed by atoms with E-state index in [1.807, 2.05) is 34.9 Å². The lowest BCUT2D eigenvalue weighted by atomic mass is 10.1. The fourth-order valence-corrected chi connectivity index (χ4v) is 5.22. The van der Waals surface area contributed by atoms with Crippen molar-refractivity contribution < 1.29 is 9.59 Å². The van der Waals surface area contributed by atoms with E-state index in [0.717, 1.165) is 29.1 Å². The highest BCUT2D eigenvalue weighted by Gasteiger charge is 2.27. The van der Waals surface area contributed by atoms with Crippen LogP contribution < -0.4 is 10.2 Å². The van der Waals surface area contributed by atoms with Gasteiger partial charge >= 0.3 is 6.03 Å². The molecule has 2 heterocycles. The fourth-order valence-electron chi connectivity index (χ4n) is 4.25. The Morgan fingerprint density at radius 3 is 2.74 bits per heavy atom. The molecule has 1 N–H and O–H groups in total. The summed E-state index contributed by atoms with van der Waals surface area (Å²) in [5.74, 6) is 1.18. The highest BCUT2D eigenvalue weighted by Crippen LogP contribution is 2.34. The molecule has 2 aromatic rings. The summed E-state index contributed by atoms with van der Waals surface area (Å²) in [7, 11) is 1.75. The first-order valence-corrected chi connectivity index (χ1v) is 12.3. The van der Waals surface area contributed by atoms with Crippen LogP contribution in [-0.2, 0) is 13.0 Å². The maximum absolute atomic E-state index is 13.2. The maximum atomic E-state index is 13.2. The number of benzene rings is 2. The van der Waals surface area contributed by atoms with Crippen LogP contribution in [0.25, 0.3) is 0 Å². The van der Waals surface area contributed by atoms with Crippen LogP contribution in [-0.4, -0.2) is 36.2 Å². The van der Waals surface area contributed by atoms with Crippen molar-refractivity contribution in [3.8, 4) is 0 Å².